The van der Waals surface area contributed by atoms with Crippen molar-refractivity contribution in [1.29, 1.82) is 0 Å². The van der Waals surface area contributed by atoms with Gasteiger partial charge in [-0.25, -0.2) is 9.97 Å². The highest BCUT2D eigenvalue weighted by molar-refractivity contribution is 5.75. The Kier molecular flexibility index (Phi) is 4.49. The Morgan fingerprint density at radius 1 is 1.03 bits per heavy atom. The van der Waals surface area contributed by atoms with E-state index >= 15 is 0 Å². The van der Waals surface area contributed by atoms with E-state index in [0.29, 0.717) is 11.8 Å². The highest BCUT2D eigenvalue weighted by Gasteiger charge is 2.38. The predicted molar refractivity (Wildman–Crippen MR) is 98.1 cm³/mol. The Hall–Kier alpha value is -2.55. The first-order valence-corrected chi connectivity index (χ1v) is 9.84. The number of hydrogen-bond acceptors (Lipinski definition) is 6. The molecule has 3 aromatic heterocycles. The minimum atomic E-state index is -4.60. The fourth-order valence-electron chi connectivity index (χ4n) is 3.92. The normalized spacial score (nSPS) is 19.1. The number of pyridine rings is 2. The van der Waals surface area contributed by atoms with Gasteiger partial charge in [-0.05, 0) is 68.5 Å². The molecular weight excluding hydrogens is 383 g/mol. The first-order chi connectivity index (χ1) is 14.0. The first kappa shape index (κ1) is 18.5. The number of aromatic nitrogens is 4. The maximum absolute atomic E-state index is 12.6. The lowest BCUT2D eigenvalue weighted by molar-refractivity contribution is -0.157. The van der Waals surface area contributed by atoms with E-state index in [1.54, 1.807) is 0 Å². The summed E-state index contributed by atoms with van der Waals surface area (Å²) in [7, 11) is 0. The van der Waals surface area contributed by atoms with Gasteiger partial charge in [-0.1, -0.05) is 0 Å². The molecule has 0 radical (unpaired) electrons. The fourth-order valence-corrected chi connectivity index (χ4v) is 3.92. The van der Waals surface area contributed by atoms with E-state index in [9.17, 15) is 13.2 Å². The first-order valence-electron chi connectivity index (χ1n) is 9.84. The van der Waals surface area contributed by atoms with Crippen LogP contribution < -0.4 is 0 Å². The largest absolute Gasteiger partial charge is 0.470 e. The van der Waals surface area contributed by atoms with Crippen LogP contribution in [0, 0.1) is 0 Å². The number of piperidine rings is 1. The van der Waals surface area contributed by atoms with Crippen molar-refractivity contribution in [1.82, 2.24) is 25.1 Å². The Labute approximate surface area is 165 Å². The molecule has 2 fully saturated rings. The molecule has 1 aliphatic carbocycles. The monoisotopic (exact) mass is 403 g/mol. The molecule has 0 amide bonds. The van der Waals surface area contributed by atoms with Crippen LogP contribution in [0.15, 0.2) is 28.8 Å². The van der Waals surface area contributed by atoms with Gasteiger partial charge in [0.25, 0.3) is 0 Å². The molecule has 9 heteroatoms. The van der Waals surface area contributed by atoms with E-state index in [4.69, 9.17) is 9.40 Å². The Morgan fingerprint density at radius 3 is 2.52 bits per heavy atom. The topological polar surface area (TPSA) is 67.9 Å². The van der Waals surface area contributed by atoms with Gasteiger partial charge in [0.1, 0.15) is 0 Å². The number of hydrogen-bond donors (Lipinski definition) is 0. The molecular formula is C20H20F3N5O. The van der Waals surface area contributed by atoms with Crippen molar-refractivity contribution in [2.24, 2.45) is 0 Å². The molecule has 0 spiro atoms. The highest BCUT2D eigenvalue weighted by atomic mass is 19.4. The quantitative estimate of drug-likeness (QED) is 0.647. The van der Waals surface area contributed by atoms with E-state index in [-0.39, 0.29) is 12.4 Å². The van der Waals surface area contributed by atoms with Crippen LogP contribution in [-0.2, 0) is 12.7 Å². The summed E-state index contributed by atoms with van der Waals surface area (Å²) in [6.07, 6.45) is 1.58. The average Bonchev–Trinajstić information content (AvgIpc) is 3.45. The van der Waals surface area contributed by atoms with Gasteiger partial charge in [-0.15, -0.1) is 10.2 Å². The van der Waals surface area contributed by atoms with Crippen molar-refractivity contribution < 1.29 is 17.6 Å². The average molecular weight is 403 g/mol. The lowest BCUT2D eigenvalue weighted by Gasteiger charge is -2.30. The summed E-state index contributed by atoms with van der Waals surface area (Å²) in [6, 6.07) is 6.37. The zero-order valence-electron chi connectivity index (χ0n) is 15.7. The molecule has 4 heterocycles. The number of likely N-dealkylation sites (tertiary alicyclic amines) is 1. The minimum absolute atomic E-state index is 0.00438. The van der Waals surface area contributed by atoms with Crippen molar-refractivity contribution in [3.63, 3.8) is 0 Å². The summed E-state index contributed by atoms with van der Waals surface area (Å²) in [5, 5.41) is 7.67. The molecule has 0 unspecified atom stereocenters. The molecule has 2 aliphatic rings. The third kappa shape index (κ3) is 3.96. The van der Waals surface area contributed by atoms with Gasteiger partial charge >= 0.3 is 12.1 Å². The van der Waals surface area contributed by atoms with Gasteiger partial charge < -0.3 is 4.42 Å². The summed E-state index contributed by atoms with van der Waals surface area (Å²) in [5.74, 6) is -0.314. The second-order valence-corrected chi connectivity index (χ2v) is 7.87. The van der Waals surface area contributed by atoms with Gasteiger partial charge in [0.2, 0.25) is 5.89 Å². The molecule has 5 rings (SSSR count). The van der Waals surface area contributed by atoms with Crippen molar-refractivity contribution in [2.45, 2.75) is 50.2 Å². The minimum Gasteiger partial charge on any atom is -0.416 e. The molecule has 0 aromatic carbocycles. The molecule has 0 atom stereocenters. The van der Waals surface area contributed by atoms with Gasteiger partial charge in [0, 0.05) is 23.2 Å². The smallest absolute Gasteiger partial charge is 0.416 e. The van der Waals surface area contributed by atoms with Crippen molar-refractivity contribution >= 4 is 11.0 Å². The molecule has 1 aliphatic heterocycles. The molecule has 0 N–H and O–H groups in total. The van der Waals surface area contributed by atoms with E-state index in [2.05, 4.69) is 33.4 Å². The molecule has 1 saturated heterocycles. The third-order valence-electron chi connectivity index (χ3n) is 5.71. The van der Waals surface area contributed by atoms with Crippen LogP contribution in [0.3, 0.4) is 0 Å². The second kappa shape index (κ2) is 7.05. The second-order valence-electron chi connectivity index (χ2n) is 7.87. The molecule has 1 saturated carbocycles. The maximum Gasteiger partial charge on any atom is 0.470 e. The number of fused-ring (bicyclic) bond motifs is 1. The van der Waals surface area contributed by atoms with Crippen LogP contribution in [0.1, 0.15) is 60.6 Å². The van der Waals surface area contributed by atoms with Gasteiger partial charge in [0.05, 0.1) is 6.54 Å². The van der Waals surface area contributed by atoms with Crippen LogP contribution in [0.5, 0.6) is 0 Å². The summed E-state index contributed by atoms with van der Waals surface area (Å²) in [4.78, 5) is 11.3. The third-order valence-corrected chi connectivity index (χ3v) is 5.71. The zero-order valence-corrected chi connectivity index (χ0v) is 15.7. The van der Waals surface area contributed by atoms with E-state index in [1.807, 2.05) is 11.1 Å². The van der Waals surface area contributed by atoms with Gasteiger partial charge in [0.15, 0.2) is 5.65 Å². The SMILES string of the molecule is FC(F)(F)c1nnc(CN2CCC(c3ccc4cc(C5CC5)cnc4n3)CC2)o1. The van der Waals surface area contributed by atoms with Crippen molar-refractivity contribution in [3.8, 4) is 0 Å². The molecule has 29 heavy (non-hydrogen) atoms. The Morgan fingerprint density at radius 2 is 1.83 bits per heavy atom. The molecule has 3 aromatic rings. The van der Waals surface area contributed by atoms with E-state index < -0.39 is 12.1 Å². The lowest BCUT2D eigenvalue weighted by atomic mass is 9.93. The summed E-state index contributed by atoms with van der Waals surface area (Å²) in [5.41, 5.74) is 3.11. The van der Waals surface area contributed by atoms with Crippen LogP contribution in [0.2, 0.25) is 0 Å². The van der Waals surface area contributed by atoms with Crippen LogP contribution >= 0.6 is 0 Å². The zero-order chi connectivity index (χ0) is 20.0. The van der Waals surface area contributed by atoms with Crippen molar-refractivity contribution in [3.05, 3.63) is 47.4 Å². The highest BCUT2D eigenvalue weighted by Crippen LogP contribution is 2.40. The van der Waals surface area contributed by atoms with Crippen LogP contribution in [0.25, 0.3) is 11.0 Å². The molecule has 0 bridgehead atoms. The summed E-state index contributed by atoms with van der Waals surface area (Å²) < 4.78 is 42.4. The van der Waals surface area contributed by atoms with E-state index in [0.717, 1.165) is 42.7 Å². The Bertz CT molecular complexity index is 1020. The number of alkyl halides is 3. The summed E-state index contributed by atoms with van der Waals surface area (Å²) in [6.45, 7) is 1.71. The number of rotatable bonds is 4. The van der Waals surface area contributed by atoms with Crippen LogP contribution in [-0.4, -0.2) is 38.2 Å². The summed E-state index contributed by atoms with van der Waals surface area (Å²) >= 11 is 0. The van der Waals surface area contributed by atoms with Crippen molar-refractivity contribution in [2.75, 3.05) is 13.1 Å². The molecule has 152 valence electrons. The number of nitrogens with zero attached hydrogens (tertiary/aromatic N) is 5. The molecule has 6 nitrogen and oxygen atoms in total. The van der Waals surface area contributed by atoms with Crippen LogP contribution in [0.4, 0.5) is 13.2 Å². The van der Waals surface area contributed by atoms with E-state index in [1.165, 1.54) is 18.4 Å². The predicted octanol–water partition coefficient (Wildman–Crippen LogP) is 4.29. The number of halogens is 3. The maximum atomic E-state index is 12.6. The van der Waals surface area contributed by atoms with Gasteiger partial charge in [-0.2, -0.15) is 13.2 Å². The fraction of sp³-hybridized carbons (Fsp3) is 0.500. The van der Waals surface area contributed by atoms with Gasteiger partial charge in [-0.3, -0.25) is 4.90 Å². The lowest BCUT2D eigenvalue weighted by Crippen LogP contribution is -2.32. The Balaban J connectivity index is 1.22. The standard InChI is InChI=1S/C20H20F3N5O/c21-20(22,23)19-27-26-17(29-19)11-28-7-5-13(6-8-28)16-4-3-14-9-15(12-1-2-12)10-24-18(14)25-16/h3-4,9-10,12-13H,1-2,5-8,11H2.